The van der Waals surface area contributed by atoms with E-state index < -0.39 is 11.9 Å². The summed E-state index contributed by atoms with van der Waals surface area (Å²) in [6, 6.07) is 14.2. The molecule has 0 aromatic heterocycles. The highest BCUT2D eigenvalue weighted by Crippen LogP contribution is 2.44. The van der Waals surface area contributed by atoms with Crippen LogP contribution < -0.4 is 9.64 Å². The maximum absolute atomic E-state index is 14.2. The summed E-state index contributed by atoms with van der Waals surface area (Å²) in [4.78, 5) is 31.3. The van der Waals surface area contributed by atoms with E-state index in [1.807, 2.05) is 42.2 Å². The van der Waals surface area contributed by atoms with Crippen LogP contribution in [0.5, 0.6) is 5.75 Å². The first-order valence-corrected chi connectivity index (χ1v) is 15.9. The van der Waals surface area contributed by atoms with Gasteiger partial charge in [-0.2, -0.15) is 0 Å². The number of hydrogen-bond donors (Lipinski definition) is 1. The molecule has 2 aliphatic rings. The van der Waals surface area contributed by atoms with E-state index in [-0.39, 0.29) is 29.8 Å². The Morgan fingerprint density at radius 3 is 2.60 bits per heavy atom. The third-order valence-electron chi connectivity index (χ3n) is 8.78. The zero-order chi connectivity index (χ0) is 31.4. The van der Waals surface area contributed by atoms with Crippen LogP contribution in [0, 0.1) is 11.3 Å². The molecule has 2 aromatic carbocycles. The summed E-state index contributed by atoms with van der Waals surface area (Å²) < 4.78 is 6.53. The molecule has 0 aliphatic carbocycles. The summed E-state index contributed by atoms with van der Waals surface area (Å²) in [7, 11) is 6.50. The fourth-order valence-electron chi connectivity index (χ4n) is 6.92. The number of nitrogens with zero attached hydrogens (tertiary/aromatic N) is 3. The summed E-state index contributed by atoms with van der Waals surface area (Å²) in [5.74, 6) is -0.703. The highest BCUT2D eigenvalue weighted by molar-refractivity contribution is 5.95. The Bertz CT molecular complexity index is 1310. The second-order valence-electron chi connectivity index (χ2n) is 14.1. The Morgan fingerprint density at radius 2 is 1.93 bits per heavy atom. The number of amides is 1. The van der Waals surface area contributed by atoms with Crippen LogP contribution in [0.2, 0.25) is 0 Å². The normalized spacial score (nSPS) is 20.8. The van der Waals surface area contributed by atoms with Crippen LogP contribution in [0.1, 0.15) is 69.6 Å². The highest BCUT2D eigenvalue weighted by atomic mass is 16.5. The second-order valence-corrected chi connectivity index (χ2v) is 14.1. The first kappa shape index (κ1) is 32.7. The number of carboxylic acid groups (broad SMARTS) is 1. The van der Waals surface area contributed by atoms with Crippen LogP contribution in [0.3, 0.4) is 0 Å². The molecule has 2 aromatic rings. The highest BCUT2D eigenvalue weighted by Gasteiger charge is 2.48. The number of ether oxygens (including phenoxy) is 1. The van der Waals surface area contributed by atoms with Crippen molar-refractivity contribution >= 4 is 17.6 Å². The minimum absolute atomic E-state index is 0.0248. The molecule has 2 heterocycles. The Kier molecular flexibility index (Phi) is 10.4. The van der Waals surface area contributed by atoms with Crippen molar-refractivity contribution in [3.63, 3.8) is 0 Å². The lowest BCUT2D eigenvalue weighted by atomic mass is 9.77. The van der Waals surface area contributed by atoms with Crippen LogP contribution in [0.15, 0.2) is 54.6 Å². The number of likely N-dealkylation sites (tertiary alicyclic amines) is 1. The maximum Gasteiger partial charge on any atom is 0.308 e. The van der Waals surface area contributed by atoms with Gasteiger partial charge in [0.2, 0.25) is 5.91 Å². The molecule has 2 aliphatic heterocycles. The number of carbonyl (C=O) groups is 2. The molecule has 234 valence electrons. The minimum Gasteiger partial charge on any atom is -0.493 e. The zero-order valence-electron chi connectivity index (χ0n) is 27.3. The smallest absolute Gasteiger partial charge is 0.308 e. The molecule has 0 saturated carbocycles. The Morgan fingerprint density at radius 1 is 1.16 bits per heavy atom. The van der Waals surface area contributed by atoms with Gasteiger partial charge in [-0.25, -0.2) is 0 Å². The number of carbonyl (C=O) groups excluding carboxylic acids is 1. The SMILES string of the molecule is CC=CC(C)(C)C[C@H]1[C@H](C(=O)O)[C@@H](c2ccc3c(c2)CCO3)CN1CC(=O)N(CCCC)c1cccc(C[N+](C)(C)C)c1. The predicted octanol–water partition coefficient (Wildman–Crippen LogP) is 6.12. The molecule has 7 nitrogen and oxygen atoms in total. The molecule has 1 saturated heterocycles. The molecule has 0 spiro atoms. The largest absolute Gasteiger partial charge is 0.493 e. The van der Waals surface area contributed by atoms with Gasteiger partial charge in [-0.3, -0.25) is 14.5 Å². The quantitative estimate of drug-likeness (QED) is 0.225. The molecule has 1 N–H and O–H groups in total. The van der Waals surface area contributed by atoms with Crippen molar-refractivity contribution in [1.29, 1.82) is 0 Å². The van der Waals surface area contributed by atoms with Gasteiger partial charge in [0.25, 0.3) is 0 Å². The van der Waals surface area contributed by atoms with E-state index in [0.29, 0.717) is 26.1 Å². The number of rotatable bonds is 13. The van der Waals surface area contributed by atoms with E-state index in [2.05, 4.69) is 71.1 Å². The van der Waals surface area contributed by atoms with Crippen LogP contribution in [-0.4, -0.2) is 79.8 Å². The summed E-state index contributed by atoms with van der Waals surface area (Å²) in [6.07, 6.45) is 7.57. The van der Waals surface area contributed by atoms with E-state index in [1.165, 1.54) is 5.56 Å². The van der Waals surface area contributed by atoms with Crippen LogP contribution in [0.4, 0.5) is 5.69 Å². The van der Waals surface area contributed by atoms with Gasteiger partial charge in [0.15, 0.2) is 0 Å². The fourth-order valence-corrected chi connectivity index (χ4v) is 6.92. The summed E-state index contributed by atoms with van der Waals surface area (Å²) >= 11 is 0. The third kappa shape index (κ3) is 8.27. The monoisotopic (exact) mass is 590 g/mol. The van der Waals surface area contributed by atoms with E-state index >= 15 is 0 Å². The molecule has 0 radical (unpaired) electrons. The second kappa shape index (κ2) is 13.6. The van der Waals surface area contributed by atoms with Gasteiger partial charge >= 0.3 is 5.97 Å². The number of hydrogen-bond acceptors (Lipinski definition) is 4. The molecule has 43 heavy (non-hydrogen) atoms. The number of benzene rings is 2. The number of anilines is 1. The maximum atomic E-state index is 14.2. The molecule has 4 rings (SSSR count). The number of fused-ring (bicyclic) bond motifs is 1. The molecule has 3 atom stereocenters. The summed E-state index contributed by atoms with van der Waals surface area (Å²) in [5, 5.41) is 10.6. The lowest BCUT2D eigenvalue weighted by Gasteiger charge is -2.34. The molecule has 1 amide bonds. The van der Waals surface area contributed by atoms with Crippen LogP contribution >= 0.6 is 0 Å². The number of aliphatic carboxylic acids is 1. The number of unbranched alkanes of at least 4 members (excludes halogenated alkanes) is 1. The van der Waals surface area contributed by atoms with Crippen molar-refractivity contribution in [3.05, 3.63) is 71.3 Å². The van der Waals surface area contributed by atoms with Gasteiger partial charge in [0.1, 0.15) is 12.3 Å². The summed E-state index contributed by atoms with van der Waals surface area (Å²) in [6.45, 7) is 11.3. The average Bonchev–Trinajstić information content (AvgIpc) is 3.52. The number of allylic oxidation sites excluding steroid dienone is 2. The first-order valence-electron chi connectivity index (χ1n) is 15.9. The van der Waals surface area contributed by atoms with Crippen molar-refractivity contribution in [1.82, 2.24) is 4.90 Å². The van der Waals surface area contributed by atoms with Crippen LogP contribution in [-0.2, 0) is 22.6 Å². The van der Waals surface area contributed by atoms with Crippen molar-refractivity contribution < 1.29 is 23.9 Å². The van der Waals surface area contributed by atoms with E-state index in [1.54, 1.807) is 0 Å². The van der Waals surface area contributed by atoms with Crippen molar-refractivity contribution in [3.8, 4) is 5.75 Å². The Hall–Kier alpha value is -3.16. The minimum atomic E-state index is -0.797. The van der Waals surface area contributed by atoms with E-state index in [9.17, 15) is 14.7 Å². The van der Waals surface area contributed by atoms with Crippen LogP contribution in [0.25, 0.3) is 0 Å². The third-order valence-corrected chi connectivity index (χ3v) is 8.78. The molecule has 7 heteroatoms. The topological polar surface area (TPSA) is 70.1 Å². The lowest BCUT2D eigenvalue weighted by Crippen LogP contribution is -2.45. The van der Waals surface area contributed by atoms with Gasteiger partial charge in [-0.05, 0) is 54.5 Å². The lowest BCUT2D eigenvalue weighted by molar-refractivity contribution is -0.884. The van der Waals surface area contributed by atoms with Crippen molar-refractivity contribution in [2.45, 2.75) is 71.9 Å². The molecule has 0 unspecified atom stereocenters. The molecular formula is C36H52N3O4+. The molecule has 1 fully saturated rings. The van der Waals surface area contributed by atoms with Gasteiger partial charge in [-0.1, -0.05) is 63.6 Å². The fraction of sp³-hybridized carbons (Fsp3) is 0.556. The van der Waals surface area contributed by atoms with E-state index in [0.717, 1.165) is 52.9 Å². The van der Waals surface area contributed by atoms with Crippen molar-refractivity contribution in [2.75, 3.05) is 52.3 Å². The molecule has 0 bridgehead atoms. The standard InChI is InChI=1S/C36H51N3O4/c1-8-10-18-38(29-13-11-12-26(20-29)25-39(5,6)7)33(40)24-37-23-30(27-14-15-32-28(21-27)16-19-43-32)34(35(41)42)31(37)22-36(3,4)17-9-2/h9,11-15,17,20-21,30-31,34H,8,10,16,18-19,22-25H2,1-7H3/p+1/t30-,31+,34-/m1/s1. The number of quaternary nitrogens is 1. The van der Waals surface area contributed by atoms with Gasteiger partial charge in [0, 0.05) is 42.7 Å². The summed E-state index contributed by atoms with van der Waals surface area (Å²) in [5.41, 5.74) is 4.06. The average molecular weight is 591 g/mol. The number of carboxylic acids is 1. The van der Waals surface area contributed by atoms with Crippen molar-refractivity contribution in [2.24, 2.45) is 11.3 Å². The Balaban J connectivity index is 1.67. The Labute approximate surface area is 258 Å². The molecular weight excluding hydrogens is 538 g/mol. The predicted molar refractivity (Wildman–Crippen MR) is 174 cm³/mol. The zero-order valence-corrected chi connectivity index (χ0v) is 27.3. The first-order chi connectivity index (χ1) is 20.3. The van der Waals surface area contributed by atoms with Gasteiger partial charge in [0.05, 0.1) is 40.2 Å². The van der Waals surface area contributed by atoms with E-state index in [4.69, 9.17) is 4.74 Å². The van der Waals surface area contributed by atoms with Gasteiger partial charge in [-0.15, -0.1) is 0 Å². The van der Waals surface area contributed by atoms with Gasteiger partial charge < -0.3 is 19.2 Å².